The normalized spacial score (nSPS) is 22.4. The van der Waals surface area contributed by atoms with E-state index in [-0.39, 0.29) is 23.5 Å². The maximum absolute atomic E-state index is 12.1. The first-order valence-electron chi connectivity index (χ1n) is 7.18. The molecule has 7 nitrogen and oxygen atoms in total. The van der Waals surface area contributed by atoms with E-state index in [9.17, 15) is 18.5 Å². The van der Waals surface area contributed by atoms with Crippen LogP contribution in [0.3, 0.4) is 0 Å². The third-order valence-corrected chi connectivity index (χ3v) is 5.01. The smallest absolute Gasteiger partial charge is 0.269 e. The van der Waals surface area contributed by atoms with Gasteiger partial charge in [0.25, 0.3) is 5.69 Å². The number of benzene rings is 1. The molecule has 1 fully saturated rings. The molecule has 122 valence electrons. The number of nitro groups is 1. The van der Waals surface area contributed by atoms with Crippen LogP contribution in [-0.4, -0.2) is 32.6 Å². The maximum Gasteiger partial charge on any atom is 0.269 e. The Morgan fingerprint density at radius 1 is 1.36 bits per heavy atom. The molecule has 1 N–H and O–H groups in total. The fourth-order valence-electron chi connectivity index (χ4n) is 2.51. The molecule has 0 saturated carbocycles. The lowest BCUT2D eigenvalue weighted by Gasteiger charge is -2.27. The van der Waals surface area contributed by atoms with E-state index in [4.69, 9.17) is 4.74 Å². The van der Waals surface area contributed by atoms with Gasteiger partial charge in [-0.05, 0) is 31.2 Å². The van der Waals surface area contributed by atoms with Crippen LogP contribution in [0.1, 0.15) is 25.3 Å². The zero-order chi connectivity index (χ0) is 16.2. The molecule has 1 aromatic carbocycles. The van der Waals surface area contributed by atoms with Gasteiger partial charge in [-0.25, -0.2) is 13.1 Å². The number of ether oxygens (including phenoxy) is 1. The highest BCUT2D eigenvalue weighted by Crippen LogP contribution is 2.19. The van der Waals surface area contributed by atoms with Gasteiger partial charge in [-0.2, -0.15) is 0 Å². The molecule has 1 aromatic rings. The first kappa shape index (κ1) is 16.9. The number of non-ortho nitro benzene ring substituents is 1. The Kier molecular flexibility index (Phi) is 5.49. The number of nitrogens with zero attached hydrogens (tertiary/aromatic N) is 1. The molecule has 2 rings (SSSR count). The molecule has 0 amide bonds. The standard InChI is InChI=1S/C14H20N2O5S/c1-11-8-13(6-7-21-11)9-15-22(19,20)10-12-2-4-14(5-3-12)16(17)18/h2-5,11,13,15H,6-10H2,1H3/t11-,13-/m0/s1. The Morgan fingerprint density at radius 2 is 2.05 bits per heavy atom. The van der Waals surface area contributed by atoms with Gasteiger partial charge in [0.2, 0.25) is 10.0 Å². The van der Waals surface area contributed by atoms with E-state index in [1.807, 2.05) is 6.92 Å². The minimum Gasteiger partial charge on any atom is -0.378 e. The predicted octanol–water partition coefficient (Wildman–Crippen LogP) is 1.83. The molecule has 8 heteroatoms. The fraction of sp³-hybridized carbons (Fsp3) is 0.571. The predicted molar refractivity (Wildman–Crippen MR) is 81.9 cm³/mol. The van der Waals surface area contributed by atoms with E-state index in [0.717, 1.165) is 12.8 Å². The maximum atomic E-state index is 12.1. The monoisotopic (exact) mass is 328 g/mol. The van der Waals surface area contributed by atoms with E-state index in [0.29, 0.717) is 18.7 Å². The summed E-state index contributed by atoms with van der Waals surface area (Å²) in [6.07, 6.45) is 1.86. The van der Waals surface area contributed by atoms with Gasteiger partial charge in [0.1, 0.15) is 0 Å². The van der Waals surface area contributed by atoms with Crippen LogP contribution in [0.15, 0.2) is 24.3 Å². The molecule has 0 radical (unpaired) electrons. The molecule has 0 spiro atoms. The number of sulfonamides is 1. The van der Waals surface area contributed by atoms with Gasteiger partial charge in [-0.1, -0.05) is 12.1 Å². The van der Waals surface area contributed by atoms with Crippen LogP contribution in [0.4, 0.5) is 5.69 Å². The minimum atomic E-state index is -3.45. The summed E-state index contributed by atoms with van der Waals surface area (Å²) in [7, 11) is -3.45. The Bertz CT molecular complexity index is 615. The van der Waals surface area contributed by atoms with Gasteiger partial charge >= 0.3 is 0 Å². The van der Waals surface area contributed by atoms with Crippen LogP contribution in [0.5, 0.6) is 0 Å². The van der Waals surface area contributed by atoms with Crippen molar-refractivity contribution in [1.29, 1.82) is 0 Å². The Morgan fingerprint density at radius 3 is 2.64 bits per heavy atom. The molecule has 22 heavy (non-hydrogen) atoms. The van der Waals surface area contributed by atoms with Crippen molar-refractivity contribution in [2.24, 2.45) is 5.92 Å². The summed E-state index contributed by atoms with van der Waals surface area (Å²) in [4.78, 5) is 10.1. The molecule has 1 aliphatic rings. The number of hydrogen-bond acceptors (Lipinski definition) is 5. The van der Waals surface area contributed by atoms with Crippen molar-refractivity contribution < 1.29 is 18.1 Å². The average molecular weight is 328 g/mol. The Hall–Kier alpha value is -1.51. The highest BCUT2D eigenvalue weighted by Gasteiger charge is 2.21. The van der Waals surface area contributed by atoms with E-state index < -0.39 is 14.9 Å². The molecule has 1 saturated heterocycles. The van der Waals surface area contributed by atoms with Crippen LogP contribution in [0.2, 0.25) is 0 Å². The lowest BCUT2D eigenvalue weighted by molar-refractivity contribution is -0.384. The van der Waals surface area contributed by atoms with Crippen LogP contribution in [0, 0.1) is 16.0 Å². The number of nitro benzene ring substituents is 1. The van der Waals surface area contributed by atoms with Crippen LogP contribution in [-0.2, 0) is 20.5 Å². The third kappa shape index (κ3) is 5.04. The van der Waals surface area contributed by atoms with Crippen molar-refractivity contribution in [2.45, 2.75) is 31.6 Å². The van der Waals surface area contributed by atoms with Crippen molar-refractivity contribution in [2.75, 3.05) is 13.2 Å². The second-order valence-corrected chi connectivity index (χ2v) is 7.41. The Labute approximate surface area is 129 Å². The molecular formula is C14H20N2O5S. The van der Waals surface area contributed by atoms with E-state index in [1.165, 1.54) is 24.3 Å². The highest BCUT2D eigenvalue weighted by atomic mass is 32.2. The van der Waals surface area contributed by atoms with Crippen molar-refractivity contribution >= 4 is 15.7 Å². The van der Waals surface area contributed by atoms with Crippen molar-refractivity contribution in [3.8, 4) is 0 Å². The lowest BCUT2D eigenvalue weighted by atomic mass is 9.97. The molecule has 0 unspecified atom stereocenters. The fourth-order valence-corrected chi connectivity index (χ4v) is 3.73. The number of nitrogens with one attached hydrogen (secondary N) is 1. The topological polar surface area (TPSA) is 98.5 Å². The molecule has 1 aliphatic heterocycles. The van der Waals surface area contributed by atoms with Crippen LogP contribution in [0.25, 0.3) is 0 Å². The van der Waals surface area contributed by atoms with E-state index in [2.05, 4.69) is 4.72 Å². The quantitative estimate of drug-likeness (QED) is 0.634. The molecule has 0 bridgehead atoms. The summed E-state index contributed by atoms with van der Waals surface area (Å²) in [5.41, 5.74) is 0.476. The van der Waals surface area contributed by atoms with Gasteiger partial charge in [0.05, 0.1) is 16.8 Å². The van der Waals surface area contributed by atoms with Crippen LogP contribution < -0.4 is 4.72 Å². The SMILES string of the molecule is C[C@H]1C[C@@H](CNS(=O)(=O)Cc2ccc([N+](=O)[O-])cc2)CCO1. The highest BCUT2D eigenvalue weighted by molar-refractivity contribution is 7.88. The van der Waals surface area contributed by atoms with Crippen molar-refractivity contribution in [3.63, 3.8) is 0 Å². The lowest BCUT2D eigenvalue weighted by Crippen LogP contribution is -2.34. The molecule has 0 aromatic heterocycles. The number of hydrogen-bond donors (Lipinski definition) is 1. The summed E-state index contributed by atoms with van der Waals surface area (Å²) < 4.78 is 32.2. The zero-order valence-corrected chi connectivity index (χ0v) is 13.2. The summed E-state index contributed by atoms with van der Waals surface area (Å²) in [5.74, 6) is 0.111. The second kappa shape index (κ2) is 7.17. The summed E-state index contributed by atoms with van der Waals surface area (Å²) >= 11 is 0. The van der Waals surface area contributed by atoms with E-state index >= 15 is 0 Å². The van der Waals surface area contributed by atoms with Gasteiger partial charge in [0.15, 0.2) is 0 Å². The molecule has 1 heterocycles. The van der Waals surface area contributed by atoms with Gasteiger partial charge < -0.3 is 4.74 Å². The summed E-state index contributed by atoms with van der Waals surface area (Å²) in [6, 6.07) is 5.55. The summed E-state index contributed by atoms with van der Waals surface area (Å²) in [6.45, 7) is 3.05. The third-order valence-electron chi connectivity index (χ3n) is 3.69. The first-order valence-corrected chi connectivity index (χ1v) is 8.83. The first-order chi connectivity index (χ1) is 10.4. The van der Waals surface area contributed by atoms with Gasteiger partial charge in [-0.15, -0.1) is 0 Å². The molecule has 2 atom stereocenters. The minimum absolute atomic E-state index is 0.0506. The summed E-state index contributed by atoms with van der Waals surface area (Å²) in [5, 5.41) is 10.6. The molecule has 0 aliphatic carbocycles. The zero-order valence-electron chi connectivity index (χ0n) is 12.4. The molecular weight excluding hydrogens is 308 g/mol. The number of rotatable bonds is 6. The van der Waals surface area contributed by atoms with Crippen LogP contribution >= 0.6 is 0 Å². The van der Waals surface area contributed by atoms with Crippen molar-refractivity contribution in [3.05, 3.63) is 39.9 Å². The van der Waals surface area contributed by atoms with Gasteiger partial charge in [-0.3, -0.25) is 10.1 Å². The van der Waals surface area contributed by atoms with E-state index in [1.54, 1.807) is 0 Å². The van der Waals surface area contributed by atoms with Crippen molar-refractivity contribution in [1.82, 2.24) is 4.72 Å². The largest absolute Gasteiger partial charge is 0.378 e. The second-order valence-electron chi connectivity index (χ2n) is 5.60. The van der Waals surface area contributed by atoms with Gasteiger partial charge in [0, 0.05) is 25.3 Å². The Balaban J connectivity index is 1.89. The average Bonchev–Trinajstić information content (AvgIpc) is 2.45.